The fourth-order valence-electron chi connectivity index (χ4n) is 3.52. The maximum atomic E-state index is 12.0. The monoisotopic (exact) mass is 419 g/mol. The molecule has 0 radical (unpaired) electrons. The number of nitrogens with one attached hydrogen (secondary N) is 2. The summed E-state index contributed by atoms with van der Waals surface area (Å²) in [6.07, 6.45) is 4.44. The van der Waals surface area contributed by atoms with E-state index in [9.17, 15) is 24.0 Å². The molecule has 1 unspecified atom stereocenters. The molecule has 0 aromatic heterocycles. The van der Waals surface area contributed by atoms with Crippen molar-refractivity contribution in [2.75, 3.05) is 26.2 Å². The fraction of sp³-hybridized carbons (Fsp3) is 0.737. The number of imide groups is 1. The normalized spacial score (nSPS) is 19.5. The minimum Gasteiger partial charge on any atom is -0.355 e. The quantitative estimate of drug-likeness (QED) is 0.272. The Hall–Kier alpha value is -2.49. The molecule has 2 rings (SSSR count). The molecule has 0 aliphatic carbocycles. The Labute approximate surface area is 170 Å². The van der Waals surface area contributed by atoms with E-state index in [0.29, 0.717) is 17.6 Å². The largest absolute Gasteiger partial charge is 0.355 e. The van der Waals surface area contributed by atoms with Crippen LogP contribution in [0.25, 0.3) is 0 Å². The molecule has 2 heterocycles. The van der Waals surface area contributed by atoms with E-state index in [-0.39, 0.29) is 50.6 Å². The number of hydrogen-bond acceptors (Lipinski definition) is 7. The number of rotatable bonds is 11. The Morgan fingerprint density at radius 1 is 1.03 bits per heavy atom. The Kier molecular flexibility index (Phi) is 9.04. The van der Waals surface area contributed by atoms with Crippen LogP contribution >= 0.6 is 0 Å². The third-order valence-electron chi connectivity index (χ3n) is 4.99. The van der Waals surface area contributed by atoms with E-state index in [0.717, 1.165) is 32.2 Å². The Morgan fingerprint density at radius 3 is 2.38 bits per heavy atom. The zero-order valence-corrected chi connectivity index (χ0v) is 16.9. The molecule has 0 spiro atoms. The number of carbonyl (C=O) groups excluding carboxylic acids is 5. The SMILES string of the molecule is [13CH3]CCC1CCCN1[13CH2][13C](=O)[15NH]CC[13C](=O)[15NH][13CH2][13CH2][13C](=O)ON1C(=O)CCC1=O. The second-order valence-corrected chi connectivity index (χ2v) is 7.30. The number of nitrogens with zero attached hydrogens (tertiary/aromatic N) is 2. The molecule has 0 saturated carbocycles. The topological polar surface area (TPSA) is 125 Å². The molecule has 162 valence electrons. The summed E-state index contributed by atoms with van der Waals surface area (Å²) in [6.45, 7) is 3.67. The first kappa shape index (κ1) is 22.8. The summed E-state index contributed by atoms with van der Waals surface area (Å²) in [5.74, 6) is -2.26. The van der Waals surface area contributed by atoms with Gasteiger partial charge in [-0.2, -0.15) is 0 Å². The maximum absolute atomic E-state index is 12.0. The molecular formula is C19H30N4O6. The minimum atomic E-state index is -0.769. The van der Waals surface area contributed by atoms with Crippen molar-refractivity contribution in [1.82, 2.24) is 20.6 Å². The van der Waals surface area contributed by atoms with Gasteiger partial charge in [-0.3, -0.25) is 24.1 Å². The van der Waals surface area contributed by atoms with Crippen LogP contribution in [0.2, 0.25) is 0 Å². The third kappa shape index (κ3) is 7.45. The Morgan fingerprint density at radius 2 is 1.69 bits per heavy atom. The van der Waals surface area contributed by atoms with Gasteiger partial charge in [0.2, 0.25) is 11.8 Å². The van der Waals surface area contributed by atoms with Crippen molar-refractivity contribution in [3.8, 4) is 0 Å². The predicted molar refractivity (Wildman–Crippen MR) is 102 cm³/mol. The highest BCUT2D eigenvalue weighted by atomic mass is 16.8. The Balaban J connectivity index is 1.54. The highest BCUT2D eigenvalue weighted by molar-refractivity contribution is 6.01. The van der Waals surface area contributed by atoms with Gasteiger partial charge in [0.1, 0.15) is 0 Å². The molecule has 0 aromatic carbocycles. The summed E-state index contributed by atoms with van der Waals surface area (Å²) in [4.78, 5) is 65.1. The highest BCUT2D eigenvalue weighted by Crippen LogP contribution is 2.20. The van der Waals surface area contributed by atoms with Gasteiger partial charge in [0.15, 0.2) is 0 Å². The van der Waals surface area contributed by atoms with E-state index in [2.05, 4.69) is 22.5 Å². The Bertz CT molecular complexity index is 622. The van der Waals surface area contributed by atoms with E-state index < -0.39 is 17.8 Å². The van der Waals surface area contributed by atoms with E-state index in [1.165, 1.54) is 0 Å². The number of likely N-dealkylation sites (tertiary alicyclic amines) is 1. The van der Waals surface area contributed by atoms with Crippen LogP contribution in [0.4, 0.5) is 0 Å². The van der Waals surface area contributed by atoms with Gasteiger partial charge in [0, 0.05) is 38.4 Å². The second kappa shape index (κ2) is 11.5. The smallest absolute Gasteiger partial charge is 0.334 e. The van der Waals surface area contributed by atoms with E-state index in [4.69, 9.17) is 4.84 Å². The zero-order valence-electron chi connectivity index (χ0n) is 16.9. The molecule has 0 aromatic rings. The van der Waals surface area contributed by atoms with E-state index >= 15 is 0 Å². The first-order valence-corrected chi connectivity index (χ1v) is 10.2. The lowest BCUT2D eigenvalue weighted by Crippen LogP contribution is -2.41. The third-order valence-corrected chi connectivity index (χ3v) is 4.99. The summed E-state index contributed by atoms with van der Waals surface area (Å²) >= 11 is 0. The first-order valence-electron chi connectivity index (χ1n) is 10.2. The summed E-state index contributed by atoms with van der Waals surface area (Å²) in [5, 5.41) is 5.76. The molecule has 4 amide bonds. The van der Waals surface area contributed by atoms with Crippen LogP contribution in [0.3, 0.4) is 0 Å². The molecule has 2 aliphatic heterocycles. The van der Waals surface area contributed by atoms with Gasteiger partial charge in [-0.1, -0.05) is 13.3 Å². The average Bonchev–Trinajstić information content (AvgIpc) is 3.23. The van der Waals surface area contributed by atoms with Crippen LogP contribution in [-0.2, 0) is 28.8 Å². The van der Waals surface area contributed by atoms with Gasteiger partial charge in [-0.05, 0) is 25.8 Å². The van der Waals surface area contributed by atoms with Gasteiger partial charge < -0.3 is 15.5 Å². The summed E-state index contributed by atoms with van der Waals surface area (Å²) in [5.41, 5.74) is 0. The highest BCUT2D eigenvalue weighted by Gasteiger charge is 2.32. The van der Waals surface area contributed by atoms with Crippen molar-refractivity contribution < 1.29 is 28.8 Å². The van der Waals surface area contributed by atoms with Crippen molar-refractivity contribution in [3.63, 3.8) is 0 Å². The lowest BCUT2D eigenvalue weighted by molar-refractivity contribution is -0.197. The van der Waals surface area contributed by atoms with Crippen molar-refractivity contribution >= 4 is 29.6 Å². The predicted octanol–water partition coefficient (Wildman–Crippen LogP) is -0.129. The molecule has 2 fully saturated rings. The molecule has 10 heteroatoms. The van der Waals surface area contributed by atoms with Crippen molar-refractivity contribution in [2.45, 2.75) is 64.3 Å². The molecule has 2 saturated heterocycles. The summed E-state index contributed by atoms with van der Waals surface area (Å²) in [6, 6.07) is 0.472. The van der Waals surface area contributed by atoms with E-state index in [1.54, 1.807) is 0 Å². The molecule has 1 atom stereocenters. The lowest BCUT2D eigenvalue weighted by Gasteiger charge is -2.23. The molecule has 10 nitrogen and oxygen atoms in total. The van der Waals surface area contributed by atoms with Crippen LogP contribution in [0.15, 0.2) is 0 Å². The lowest BCUT2D eigenvalue weighted by atomic mass is 10.1. The molecule has 2 aliphatic rings. The average molecular weight is 419 g/mol. The summed E-state index contributed by atoms with van der Waals surface area (Å²) in [7, 11) is 0. The number of amides is 4. The standard InChI is InChI=1S/C19H30N4O6/c1-2-4-14-5-3-12-22(14)13-16(25)21-10-8-15(24)20-11-9-19(28)29-23-17(26)6-7-18(23)27/h14H,2-13H2,1H3,(H,20,24)(H,21,25)/i1+1,9+1,11+1,13+1,15+1,16+1,19+1,20+1,21+1. The van der Waals surface area contributed by atoms with Crippen LogP contribution < -0.4 is 10.6 Å². The van der Waals surface area contributed by atoms with Crippen LogP contribution in [0.5, 0.6) is 0 Å². The maximum Gasteiger partial charge on any atom is 0.334 e. The molecule has 2 N–H and O–H groups in total. The van der Waals surface area contributed by atoms with Crippen LogP contribution in [-0.4, -0.2) is 71.8 Å². The molecule has 29 heavy (non-hydrogen) atoms. The van der Waals surface area contributed by atoms with Gasteiger partial charge >= 0.3 is 5.97 Å². The van der Waals surface area contributed by atoms with Crippen LogP contribution in [0.1, 0.15) is 58.3 Å². The van der Waals surface area contributed by atoms with Gasteiger partial charge in [0.25, 0.3) is 11.8 Å². The van der Waals surface area contributed by atoms with Crippen LogP contribution in [0, 0.1) is 0 Å². The van der Waals surface area contributed by atoms with Gasteiger partial charge in [0.05, 0.1) is 13.0 Å². The van der Waals surface area contributed by atoms with Crippen molar-refractivity contribution in [2.24, 2.45) is 0 Å². The van der Waals surface area contributed by atoms with Gasteiger partial charge in [-0.15, -0.1) is 5.06 Å². The molecule has 0 bridgehead atoms. The van der Waals surface area contributed by atoms with Crippen molar-refractivity contribution in [3.05, 3.63) is 0 Å². The van der Waals surface area contributed by atoms with E-state index in [1.807, 2.05) is 0 Å². The fourth-order valence-corrected chi connectivity index (χ4v) is 3.52. The number of carbonyl (C=O) groups is 5. The second-order valence-electron chi connectivity index (χ2n) is 7.30. The first-order chi connectivity index (χ1) is 13.9. The molecular weight excluding hydrogens is 389 g/mol. The van der Waals surface area contributed by atoms with Gasteiger partial charge in [-0.25, -0.2) is 4.79 Å². The minimum absolute atomic E-state index is 0.0221. The zero-order chi connectivity index (χ0) is 21.2. The number of hydroxylamine groups is 2. The number of hydrogen-bond donors (Lipinski definition) is 2. The van der Waals surface area contributed by atoms with Crippen molar-refractivity contribution in [1.29, 1.82) is 0 Å². The summed E-state index contributed by atoms with van der Waals surface area (Å²) < 4.78 is 0.